The second-order valence-corrected chi connectivity index (χ2v) is 12.2. The Bertz CT molecular complexity index is 1170. The third kappa shape index (κ3) is 3.94. The van der Waals surface area contributed by atoms with E-state index in [2.05, 4.69) is 0 Å². The van der Waals surface area contributed by atoms with Gasteiger partial charge in [0.25, 0.3) is 0 Å². The first-order chi connectivity index (χ1) is 13.7. The number of hydrogen-bond acceptors (Lipinski definition) is 4. The topological polar surface area (TPSA) is 68.3 Å². The van der Waals surface area contributed by atoms with Gasteiger partial charge in [-0.2, -0.15) is 13.2 Å². The maximum atomic E-state index is 14.6. The smallest absolute Gasteiger partial charge is 0.223 e. The van der Waals surface area contributed by atoms with Crippen LogP contribution in [0.3, 0.4) is 0 Å². The summed E-state index contributed by atoms with van der Waals surface area (Å²) in [6.07, 6.45) is -1.02. The van der Waals surface area contributed by atoms with Gasteiger partial charge in [-0.3, -0.25) is 0 Å². The van der Waals surface area contributed by atoms with Crippen molar-refractivity contribution in [3.63, 3.8) is 0 Å². The Morgan fingerprint density at radius 3 is 2.00 bits per heavy atom. The van der Waals surface area contributed by atoms with Gasteiger partial charge in [0.05, 0.1) is 10.6 Å². The summed E-state index contributed by atoms with van der Waals surface area (Å²) in [5.74, 6) is -3.32. The van der Waals surface area contributed by atoms with Gasteiger partial charge in [-0.1, -0.05) is 23.2 Å². The molecule has 0 spiro atoms. The quantitative estimate of drug-likeness (QED) is 0.528. The maximum absolute atomic E-state index is 14.6. The Balaban J connectivity index is 2.07. The molecule has 12 heteroatoms. The molecule has 1 saturated carbocycles. The van der Waals surface area contributed by atoms with Crippen LogP contribution in [0.4, 0.5) is 17.6 Å². The van der Waals surface area contributed by atoms with Crippen LogP contribution in [-0.2, 0) is 24.4 Å². The molecule has 0 unspecified atom stereocenters. The third-order valence-electron chi connectivity index (χ3n) is 5.10. The molecule has 0 radical (unpaired) electrons. The van der Waals surface area contributed by atoms with E-state index in [0.717, 1.165) is 12.1 Å². The fourth-order valence-electron chi connectivity index (χ4n) is 3.67. The van der Waals surface area contributed by atoms with Crippen LogP contribution in [0.2, 0.25) is 10.0 Å². The Morgan fingerprint density at radius 2 is 1.47 bits per heavy atom. The summed E-state index contributed by atoms with van der Waals surface area (Å²) >= 11 is 11.7. The van der Waals surface area contributed by atoms with E-state index < -0.39 is 60.3 Å². The Hall–Kier alpha value is -1.36. The highest BCUT2D eigenvalue weighted by Crippen LogP contribution is 2.55. The van der Waals surface area contributed by atoms with Crippen LogP contribution in [0.15, 0.2) is 47.4 Å². The standard InChI is InChI=1S/C18H14Cl2F4O4S2/c19-12-1-4-14(5-2-12)30(27,28)17(15-7-13(20)3-6-16(15)21)8-11(9-17)10-29(25,26)18(22,23)24/h1-7,11H,8-10H2. The summed E-state index contributed by atoms with van der Waals surface area (Å²) in [7, 11) is -9.79. The second-order valence-electron chi connectivity index (χ2n) is 7.08. The SMILES string of the molecule is O=S(=O)(CC1CC(c2cc(Cl)ccc2F)(S(=O)(=O)c2ccc(Cl)cc2)C1)C(F)(F)F. The lowest BCUT2D eigenvalue weighted by molar-refractivity contribution is -0.0442. The summed E-state index contributed by atoms with van der Waals surface area (Å²) in [4.78, 5) is -0.219. The van der Waals surface area contributed by atoms with Crippen molar-refractivity contribution in [1.29, 1.82) is 0 Å². The first-order valence-electron chi connectivity index (χ1n) is 8.44. The molecule has 1 aliphatic carbocycles. The van der Waals surface area contributed by atoms with Crippen molar-refractivity contribution in [1.82, 2.24) is 0 Å². The molecule has 2 aromatic carbocycles. The van der Waals surface area contributed by atoms with E-state index in [1.807, 2.05) is 0 Å². The molecule has 0 saturated heterocycles. The van der Waals surface area contributed by atoms with Crippen molar-refractivity contribution in [2.24, 2.45) is 5.92 Å². The predicted octanol–water partition coefficient (Wildman–Crippen LogP) is 5.15. The summed E-state index contributed by atoms with van der Waals surface area (Å²) in [6.45, 7) is 0. The Labute approximate surface area is 180 Å². The first-order valence-corrected chi connectivity index (χ1v) is 12.3. The molecule has 1 aliphatic rings. The lowest BCUT2D eigenvalue weighted by Gasteiger charge is -2.47. The number of alkyl halides is 3. The number of halogens is 6. The van der Waals surface area contributed by atoms with Gasteiger partial charge >= 0.3 is 5.51 Å². The van der Waals surface area contributed by atoms with Crippen molar-refractivity contribution in [3.05, 3.63) is 63.9 Å². The van der Waals surface area contributed by atoms with Crippen LogP contribution in [0.1, 0.15) is 18.4 Å². The monoisotopic (exact) mass is 504 g/mol. The van der Waals surface area contributed by atoms with E-state index in [1.54, 1.807) is 0 Å². The minimum absolute atomic E-state index is 0.0310. The van der Waals surface area contributed by atoms with Crippen LogP contribution in [0.5, 0.6) is 0 Å². The van der Waals surface area contributed by atoms with Gasteiger partial charge in [0.1, 0.15) is 10.6 Å². The van der Waals surface area contributed by atoms with E-state index in [-0.39, 0.29) is 20.5 Å². The average Bonchev–Trinajstić information content (AvgIpc) is 2.59. The van der Waals surface area contributed by atoms with Crippen LogP contribution in [0.25, 0.3) is 0 Å². The van der Waals surface area contributed by atoms with Crippen LogP contribution >= 0.6 is 23.2 Å². The first kappa shape index (κ1) is 23.3. The lowest BCUT2D eigenvalue weighted by atomic mass is 9.71. The zero-order chi connectivity index (χ0) is 22.5. The molecule has 164 valence electrons. The van der Waals surface area contributed by atoms with Gasteiger partial charge in [0.2, 0.25) is 9.84 Å². The average molecular weight is 505 g/mol. The number of benzene rings is 2. The molecule has 1 fully saturated rings. The summed E-state index contributed by atoms with van der Waals surface area (Å²) in [5, 5.41) is 0.281. The zero-order valence-corrected chi connectivity index (χ0v) is 18.1. The molecule has 2 aromatic rings. The Kier molecular flexibility index (Phi) is 5.94. The van der Waals surface area contributed by atoms with Gasteiger partial charge in [0.15, 0.2) is 9.84 Å². The maximum Gasteiger partial charge on any atom is 0.497 e. The third-order valence-corrected chi connectivity index (χ3v) is 9.68. The summed E-state index contributed by atoms with van der Waals surface area (Å²) in [5.41, 5.74) is -5.77. The van der Waals surface area contributed by atoms with Crippen LogP contribution < -0.4 is 0 Å². The summed E-state index contributed by atoms with van der Waals surface area (Å²) in [6, 6.07) is 8.26. The minimum Gasteiger partial charge on any atom is -0.223 e. The number of hydrogen-bond donors (Lipinski definition) is 0. The normalized spacial score (nSPS) is 22.5. The molecular formula is C18H14Cl2F4O4S2. The molecule has 0 heterocycles. The molecule has 0 aromatic heterocycles. The van der Waals surface area contributed by atoms with Gasteiger partial charge in [-0.05, 0) is 61.2 Å². The van der Waals surface area contributed by atoms with Crippen molar-refractivity contribution in [3.8, 4) is 0 Å². The highest BCUT2D eigenvalue weighted by molar-refractivity contribution is 7.93. The van der Waals surface area contributed by atoms with Crippen molar-refractivity contribution in [2.45, 2.75) is 28.0 Å². The van der Waals surface area contributed by atoms with E-state index in [4.69, 9.17) is 23.2 Å². The van der Waals surface area contributed by atoms with Crippen molar-refractivity contribution < 1.29 is 34.4 Å². The molecule has 0 amide bonds. The molecule has 0 N–H and O–H groups in total. The minimum atomic E-state index is -5.46. The van der Waals surface area contributed by atoms with E-state index >= 15 is 0 Å². The second kappa shape index (κ2) is 7.65. The van der Waals surface area contributed by atoms with Gasteiger partial charge in [0, 0.05) is 15.6 Å². The van der Waals surface area contributed by atoms with E-state index in [1.165, 1.54) is 30.3 Å². The van der Waals surface area contributed by atoms with Crippen molar-refractivity contribution >= 4 is 42.9 Å². The van der Waals surface area contributed by atoms with Crippen LogP contribution in [-0.4, -0.2) is 28.1 Å². The predicted molar refractivity (Wildman–Crippen MR) is 104 cm³/mol. The van der Waals surface area contributed by atoms with Crippen LogP contribution in [0, 0.1) is 11.7 Å². The molecule has 30 heavy (non-hydrogen) atoms. The number of sulfone groups is 2. The fourth-order valence-corrected chi connectivity index (χ4v) is 7.31. The summed E-state index contributed by atoms with van der Waals surface area (Å²) < 4.78 is 101. The molecule has 0 bridgehead atoms. The molecule has 0 aliphatic heterocycles. The highest BCUT2D eigenvalue weighted by Gasteiger charge is 2.59. The largest absolute Gasteiger partial charge is 0.497 e. The Morgan fingerprint density at radius 1 is 0.933 bits per heavy atom. The fraction of sp³-hybridized carbons (Fsp3) is 0.333. The van der Waals surface area contributed by atoms with Gasteiger partial charge < -0.3 is 0 Å². The highest BCUT2D eigenvalue weighted by atomic mass is 35.5. The molecule has 4 nitrogen and oxygen atoms in total. The molecular weight excluding hydrogens is 491 g/mol. The van der Waals surface area contributed by atoms with E-state index in [0.29, 0.717) is 0 Å². The van der Waals surface area contributed by atoms with Gasteiger partial charge in [-0.25, -0.2) is 21.2 Å². The van der Waals surface area contributed by atoms with Gasteiger partial charge in [-0.15, -0.1) is 0 Å². The van der Waals surface area contributed by atoms with Crippen molar-refractivity contribution in [2.75, 3.05) is 5.75 Å². The zero-order valence-electron chi connectivity index (χ0n) is 15.0. The molecule has 3 rings (SSSR count). The number of rotatable bonds is 5. The molecule has 0 atom stereocenters. The van der Waals surface area contributed by atoms with E-state index in [9.17, 15) is 34.4 Å². The lowest BCUT2D eigenvalue weighted by Crippen LogP contribution is -2.51.